The Kier molecular flexibility index (Phi) is 5.92. The fraction of sp³-hybridized carbons (Fsp3) is 0.355. The standard InChI is InChI=1S/C31H30FN9O2/c1-43-25-12-17(4-8-23(25)32)24-9-5-18(13-34-24)22-14-37-41-28(33)26(16-2-3-16)27(38-30(22)41)19-10-20-6-7-21(11-19)40(20)31(42)29-35-15-36-39-29/h4-5,8-9,12-16,19-21H,2-3,6-7,10-11,33H2,1H3,(H,35,36,39)/t19-,20+,21-. The number of ether oxygens (including phenoxy) is 1. The van der Waals surface area contributed by atoms with Crippen molar-refractivity contribution >= 4 is 17.4 Å². The molecule has 218 valence electrons. The lowest BCUT2D eigenvalue weighted by Crippen LogP contribution is -2.46. The third kappa shape index (κ3) is 4.23. The summed E-state index contributed by atoms with van der Waals surface area (Å²) in [5, 5.41) is 12.4. The molecule has 1 aliphatic carbocycles. The van der Waals surface area contributed by atoms with Gasteiger partial charge in [-0.2, -0.15) is 9.61 Å². The van der Waals surface area contributed by atoms with Gasteiger partial charge in [-0.15, -0.1) is 10.2 Å². The number of hydrogen-bond donors (Lipinski definition) is 2. The van der Waals surface area contributed by atoms with Crippen LogP contribution < -0.4 is 10.5 Å². The second-order valence-electron chi connectivity index (χ2n) is 11.7. The summed E-state index contributed by atoms with van der Waals surface area (Å²) in [5.41, 5.74) is 12.8. The monoisotopic (exact) mass is 579 g/mol. The van der Waals surface area contributed by atoms with Crippen LogP contribution in [0.25, 0.3) is 28.0 Å². The number of hydrogen-bond acceptors (Lipinski definition) is 8. The van der Waals surface area contributed by atoms with E-state index in [1.165, 1.54) is 19.5 Å². The minimum absolute atomic E-state index is 0.0816. The Balaban J connectivity index is 1.14. The van der Waals surface area contributed by atoms with Crippen LogP contribution >= 0.6 is 0 Å². The Morgan fingerprint density at radius 1 is 1.05 bits per heavy atom. The number of benzene rings is 1. The zero-order valence-electron chi connectivity index (χ0n) is 23.6. The number of anilines is 1. The average molecular weight is 580 g/mol. The number of aromatic amines is 1. The number of pyridine rings is 1. The predicted octanol–water partition coefficient (Wildman–Crippen LogP) is 4.73. The van der Waals surface area contributed by atoms with E-state index in [9.17, 15) is 9.18 Å². The number of nitrogens with one attached hydrogen (secondary N) is 1. The van der Waals surface area contributed by atoms with Crippen molar-refractivity contribution in [2.24, 2.45) is 0 Å². The van der Waals surface area contributed by atoms with E-state index in [-0.39, 0.29) is 29.7 Å². The molecule has 1 amide bonds. The normalized spacial score (nSPS) is 21.4. The lowest BCUT2D eigenvalue weighted by molar-refractivity contribution is 0.0557. The number of piperidine rings is 1. The molecule has 3 fully saturated rings. The number of methoxy groups -OCH3 is 1. The number of nitrogens with zero attached hydrogens (tertiary/aromatic N) is 7. The highest BCUT2D eigenvalue weighted by Crippen LogP contribution is 2.50. The maximum absolute atomic E-state index is 13.9. The SMILES string of the molecule is COc1cc(-c2ccc(-c3cnn4c(N)c(C5CC5)c([C@H]5C[C@H]6CC[C@@H](C5)N6C(=O)c5nnc[nH]5)nc34)cn2)ccc1F. The molecule has 3 aliphatic rings. The first-order valence-corrected chi connectivity index (χ1v) is 14.7. The first-order valence-electron chi connectivity index (χ1n) is 14.7. The second-order valence-corrected chi connectivity index (χ2v) is 11.7. The van der Waals surface area contributed by atoms with Gasteiger partial charge in [0.15, 0.2) is 17.2 Å². The molecule has 43 heavy (non-hydrogen) atoms. The quantitative estimate of drug-likeness (QED) is 0.294. The summed E-state index contributed by atoms with van der Waals surface area (Å²) in [6.07, 6.45) is 10.8. The molecule has 8 rings (SSSR count). The topological polar surface area (TPSA) is 140 Å². The molecule has 4 aromatic heterocycles. The highest BCUT2D eigenvalue weighted by atomic mass is 19.1. The molecular formula is C31H30FN9O2. The van der Waals surface area contributed by atoms with Crippen LogP contribution in [0.5, 0.6) is 5.75 Å². The van der Waals surface area contributed by atoms with Gasteiger partial charge in [-0.05, 0) is 68.7 Å². The highest BCUT2D eigenvalue weighted by Gasteiger charge is 2.46. The summed E-state index contributed by atoms with van der Waals surface area (Å²) in [6.45, 7) is 0. The number of nitrogen functional groups attached to an aromatic ring is 1. The molecule has 1 saturated carbocycles. The highest BCUT2D eigenvalue weighted by molar-refractivity contribution is 5.91. The number of carbonyl (C=O) groups is 1. The number of H-pyrrole nitrogens is 1. The van der Waals surface area contributed by atoms with Crippen molar-refractivity contribution in [2.75, 3.05) is 12.8 Å². The number of rotatable bonds is 6. The van der Waals surface area contributed by atoms with Crippen molar-refractivity contribution in [2.45, 2.75) is 62.4 Å². The van der Waals surface area contributed by atoms with Crippen LogP contribution in [0.3, 0.4) is 0 Å². The third-order valence-electron chi connectivity index (χ3n) is 9.23. The van der Waals surface area contributed by atoms with Crippen LogP contribution in [0.15, 0.2) is 49.1 Å². The number of fused-ring (bicyclic) bond motifs is 3. The molecule has 1 aromatic carbocycles. The maximum Gasteiger partial charge on any atom is 0.292 e. The summed E-state index contributed by atoms with van der Waals surface area (Å²) >= 11 is 0. The molecule has 2 saturated heterocycles. The van der Waals surface area contributed by atoms with Gasteiger partial charge in [-0.25, -0.2) is 9.37 Å². The Labute approximate surface area is 246 Å². The molecule has 3 N–H and O–H groups in total. The maximum atomic E-state index is 13.9. The lowest BCUT2D eigenvalue weighted by Gasteiger charge is -2.39. The van der Waals surface area contributed by atoms with Crippen LogP contribution in [0.1, 0.15) is 72.2 Å². The van der Waals surface area contributed by atoms with E-state index in [0.29, 0.717) is 28.9 Å². The molecule has 2 aliphatic heterocycles. The average Bonchev–Trinajstić information content (AvgIpc) is 3.41. The van der Waals surface area contributed by atoms with Crippen molar-refractivity contribution in [3.63, 3.8) is 0 Å². The molecular weight excluding hydrogens is 549 g/mol. The van der Waals surface area contributed by atoms with Crippen LogP contribution in [0, 0.1) is 5.82 Å². The first-order chi connectivity index (χ1) is 21.0. The summed E-state index contributed by atoms with van der Waals surface area (Å²) < 4.78 is 20.8. The summed E-state index contributed by atoms with van der Waals surface area (Å²) in [6, 6.07) is 8.81. The molecule has 3 atom stereocenters. The van der Waals surface area contributed by atoms with E-state index in [0.717, 1.165) is 66.5 Å². The van der Waals surface area contributed by atoms with E-state index in [4.69, 9.17) is 15.5 Å². The van der Waals surface area contributed by atoms with Gasteiger partial charge in [0.1, 0.15) is 12.1 Å². The molecule has 0 unspecified atom stereocenters. The van der Waals surface area contributed by atoms with Gasteiger partial charge in [0.2, 0.25) is 5.82 Å². The van der Waals surface area contributed by atoms with Crippen molar-refractivity contribution in [1.82, 2.24) is 39.7 Å². The minimum Gasteiger partial charge on any atom is -0.494 e. The van der Waals surface area contributed by atoms with Crippen molar-refractivity contribution in [3.8, 4) is 28.1 Å². The van der Waals surface area contributed by atoms with Gasteiger partial charge in [-0.1, -0.05) is 6.07 Å². The first kappa shape index (κ1) is 25.8. The Hall–Kier alpha value is -4.87. The van der Waals surface area contributed by atoms with Gasteiger partial charge in [0.25, 0.3) is 5.91 Å². The van der Waals surface area contributed by atoms with E-state index in [2.05, 4.69) is 25.3 Å². The summed E-state index contributed by atoms with van der Waals surface area (Å²) in [5.74, 6) is 1.19. The minimum atomic E-state index is -0.417. The molecule has 6 heterocycles. The number of nitrogens with two attached hydrogens (primary N) is 1. The van der Waals surface area contributed by atoms with E-state index >= 15 is 0 Å². The van der Waals surface area contributed by atoms with Crippen molar-refractivity contribution in [1.29, 1.82) is 0 Å². The Morgan fingerprint density at radius 2 is 1.84 bits per heavy atom. The van der Waals surface area contributed by atoms with E-state index in [1.54, 1.807) is 29.0 Å². The second kappa shape index (κ2) is 9.85. The third-order valence-corrected chi connectivity index (χ3v) is 9.23. The largest absolute Gasteiger partial charge is 0.494 e. The van der Waals surface area contributed by atoms with Crippen LogP contribution in [-0.2, 0) is 0 Å². The Morgan fingerprint density at radius 3 is 2.51 bits per heavy atom. The van der Waals surface area contributed by atoms with E-state index < -0.39 is 5.82 Å². The summed E-state index contributed by atoms with van der Waals surface area (Å²) in [7, 11) is 1.44. The van der Waals surface area contributed by atoms with Crippen LogP contribution in [-0.4, -0.2) is 64.8 Å². The van der Waals surface area contributed by atoms with Crippen molar-refractivity contribution < 1.29 is 13.9 Å². The number of amides is 1. The Bertz CT molecular complexity index is 1840. The molecule has 11 nitrogen and oxygen atoms in total. The fourth-order valence-corrected chi connectivity index (χ4v) is 7.06. The van der Waals surface area contributed by atoms with Gasteiger partial charge in [-0.3, -0.25) is 9.78 Å². The van der Waals surface area contributed by atoms with Crippen LogP contribution in [0.2, 0.25) is 0 Å². The van der Waals surface area contributed by atoms with Crippen molar-refractivity contribution in [3.05, 3.63) is 72.0 Å². The molecule has 0 spiro atoms. The van der Waals surface area contributed by atoms with Gasteiger partial charge in [0, 0.05) is 46.5 Å². The zero-order valence-corrected chi connectivity index (χ0v) is 23.6. The molecule has 0 radical (unpaired) electrons. The predicted molar refractivity (Wildman–Crippen MR) is 156 cm³/mol. The number of aromatic nitrogens is 7. The molecule has 2 bridgehead atoms. The molecule has 12 heteroatoms. The van der Waals surface area contributed by atoms with E-state index in [1.807, 2.05) is 17.0 Å². The van der Waals surface area contributed by atoms with Gasteiger partial charge < -0.3 is 20.4 Å². The fourth-order valence-electron chi connectivity index (χ4n) is 7.06. The number of halogens is 1. The number of carbonyl (C=O) groups excluding carboxylic acids is 1. The summed E-state index contributed by atoms with van der Waals surface area (Å²) in [4.78, 5) is 28.0. The zero-order chi connectivity index (χ0) is 29.2. The smallest absolute Gasteiger partial charge is 0.292 e. The van der Waals surface area contributed by atoms with Gasteiger partial charge in [0.05, 0.1) is 24.7 Å². The van der Waals surface area contributed by atoms with Gasteiger partial charge >= 0.3 is 0 Å². The lowest BCUT2D eigenvalue weighted by atomic mass is 9.85. The van der Waals surface area contributed by atoms with Crippen LogP contribution in [0.4, 0.5) is 10.2 Å². The molecule has 5 aromatic rings.